The van der Waals surface area contributed by atoms with Crippen LogP contribution in [0.15, 0.2) is 4.52 Å². The minimum atomic E-state index is 0.0268. The molecular weight excluding hydrogens is 206 g/mol. The van der Waals surface area contributed by atoms with Crippen LogP contribution in [0, 0.1) is 5.92 Å². The van der Waals surface area contributed by atoms with Gasteiger partial charge in [0, 0.05) is 7.11 Å². The normalized spacial score (nSPS) is 27.2. The van der Waals surface area contributed by atoms with Gasteiger partial charge in [0.15, 0.2) is 0 Å². The zero-order valence-corrected chi connectivity index (χ0v) is 9.48. The molecule has 2 atom stereocenters. The Morgan fingerprint density at radius 1 is 1.44 bits per heavy atom. The fourth-order valence-corrected chi connectivity index (χ4v) is 2.31. The van der Waals surface area contributed by atoms with Gasteiger partial charge in [0.1, 0.15) is 6.10 Å². The molecule has 1 aromatic rings. The summed E-state index contributed by atoms with van der Waals surface area (Å²) in [5.41, 5.74) is 0. The van der Waals surface area contributed by atoms with E-state index in [0.29, 0.717) is 11.7 Å². The van der Waals surface area contributed by atoms with E-state index in [4.69, 9.17) is 9.26 Å². The van der Waals surface area contributed by atoms with E-state index < -0.39 is 0 Å². The summed E-state index contributed by atoms with van der Waals surface area (Å²) in [4.78, 5) is 4.46. The van der Waals surface area contributed by atoms with Crippen LogP contribution < -0.4 is 5.32 Å². The maximum atomic E-state index is 5.43. The fourth-order valence-electron chi connectivity index (χ4n) is 2.31. The Morgan fingerprint density at radius 2 is 2.31 bits per heavy atom. The Kier molecular flexibility index (Phi) is 2.65. The van der Waals surface area contributed by atoms with Crippen molar-refractivity contribution in [2.24, 2.45) is 5.92 Å². The van der Waals surface area contributed by atoms with E-state index in [2.05, 4.69) is 15.5 Å². The number of nitrogens with one attached hydrogen (secondary N) is 1. The zero-order chi connectivity index (χ0) is 11.0. The first-order chi connectivity index (χ1) is 7.88. The van der Waals surface area contributed by atoms with Crippen LogP contribution in [0.5, 0.6) is 0 Å². The van der Waals surface area contributed by atoms with Crippen molar-refractivity contribution >= 4 is 0 Å². The number of methoxy groups -OCH3 is 1. The summed E-state index contributed by atoms with van der Waals surface area (Å²) in [6.07, 6.45) is 4.72. The second-order valence-electron chi connectivity index (χ2n) is 4.63. The molecule has 1 saturated heterocycles. The molecule has 5 heteroatoms. The average Bonchev–Trinajstić information content (AvgIpc) is 2.84. The average molecular weight is 223 g/mol. The lowest BCUT2D eigenvalue weighted by Gasteiger charge is -2.08. The maximum Gasteiger partial charge on any atom is 0.243 e. The van der Waals surface area contributed by atoms with Gasteiger partial charge in [-0.05, 0) is 38.1 Å². The minimum absolute atomic E-state index is 0.0268. The molecule has 2 fully saturated rings. The van der Waals surface area contributed by atoms with Gasteiger partial charge in [0.25, 0.3) is 0 Å². The summed E-state index contributed by atoms with van der Waals surface area (Å²) >= 11 is 0. The minimum Gasteiger partial charge on any atom is -0.373 e. The van der Waals surface area contributed by atoms with Gasteiger partial charge >= 0.3 is 0 Å². The number of hydrogen-bond donors (Lipinski definition) is 1. The van der Waals surface area contributed by atoms with Crippen LogP contribution in [0.3, 0.4) is 0 Å². The number of rotatable bonds is 4. The fraction of sp³-hybridized carbons (Fsp3) is 0.818. The van der Waals surface area contributed by atoms with Crippen LogP contribution in [0.2, 0.25) is 0 Å². The molecule has 1 N–H and O–H groups in total. The topological polar surface area (TPSA) is 60.2 Å². The Labute approximate surface area is 94.6 Å². The van der Waals surface area contributed by atoms with Gasteiger partial charge < -0.3 is 14.6 Å². The molecule has 1 aromatic heterocycles. The third kappa shape index (κ3) is 1.85. The van der Waals surface area contributed by atoms with Gasteiger partial charge in [-0.25, -0.2) is 0 Å². The smallest absolute Gasteiger partial charge is 0.243 e. The largest absolute Gasteiger partial charge is 0.373 e. The summed E-state index contributed by atoms with van der Waals surface area (Å²) in [5.74, 6) is 2.02. The molecule has 1 aliphatic carbocycles. The quantitative estimate of drug-likeness (QED) is 0.840. The first kappa shape index (κ1) is 10.2. The van der Waals surface area contributed by atoms with Crippen molar-refractivity contribution in [2.45, 2.75) is 37.8 Å². The van der Waals surface area contributed by atoms with Gasteiger partial charge in [-0.3, -0.25) is 0 Å². The standard InChI is InChI=1S/C11H17N3O2/c1-15-9(7-4-5-7)10-13-11(16-14-10)8-3-2-6-12-8/h7-9,12H,2-6H2,1H3/t8-,9?/m0/s1. The molecule has 2 aliphatic rings. The number of aromatic nitrogens is 2. The van der Waals surface area contributed by atoms with Crippen LogP contribution in [-0.4, -0.2) is 23.8 Å². The Morgan fingerprint density at radius 3 is 2.94 bits per heavy atom. The van der Waals surface area contributed by atoms with Crippen molar-refractivity contribution in [3.63, 3.8) is 0 Å². The van der Waals surface area contributed by atoms with Crippen LogP contribution in [0.1, 0.15) is 49.5 Å². The predicted octanol–water partition coefficient (Wildman–Crippen LogP) is 1.59. The molecule has 0 radical (unpaired) electrons. The molecule has 1 saturated carbocycles. The van der Waals surface area contributed by atoms with E-state index in [0.717, 1.165) is 18.9 Å². The van der Waals surface area contributed by atoms with Gasteiger partial charge in [0.05, 0.1) is 6.04 Å². The summed E-state index contributed by atoms with van der Waals surface area (Å²) in [6.45, 7) is 1.04. The molecule has 0 spiro atoms. The van der Waals surface area contributed by atoms with Crippen molar-refractivity contribution in [2.75, 3.05) is 13.7 Å². The predicted molar refractivity (Wildman–Crippen MR) is 56.7 cm³/mol. The van der Waals surface area contributed by atoms with Gasteiger partial charge in [-0.15, -0.1) is 0 Å². The molecule has 2 heterocycles. The molecule has 0 bridgehead atoms. The third-order valence-electron chi connectivity index (χ3n) is 3.37. The lowest BCUT2D eigenvalue weighted by Crippen LogP contribution is -2.13. The highest BCUT2D eigenvalue weighted by Crippen LogP contribution is 2.42. The van der Waals surface area contributed by atoms with E-state index >= 15 is 0 Å². The van der Waals surface area contributed by atoms with E-state index in [1.54, 1.807) is 7.11 Å². The lowest BCUT2D eigenvalue weighted by molar-refractivity contribution is 0.0751. The van der Waals surface area contributed by atoms with Crippen molar-refractivity contribution in [3.8, 4) is 0 Å². The summed E-state index contributed by atoms with van der Waals surface area (Å²) in [7, 11) is 1.72. The maximum absolute atomic E-state index is 5.43. The first-order valence-electron chi connectivity index (χ1n) is 5.98. The molecule has 1 unspecified atom stereocenters. The Bertz CT molecular complexity index is 356. The van der Waals surface area contributed by atoms with E-state index in [9.17, 15) is 0 Å². The molecule has 16 heavy (non-hydrogen) atoms. The van der Waals surface area contributed by atoms with E-state index in [1.807, 2.05) is 0 Å². The lowest BCUT2D eigenvalue weighted by atomic mass is 10.2. The van der Waals surface area contributed by atoms with Crippen molar-refractivity contribution < 1.29 is 9.26 Å². The monoisotopic (exact) mass is 223 g/mol. The van der Waals surface area contributed by atoms with Gasteiger partial charge in [0.2, 0.25) is 11.7 Å². The molecule has 1 aliphatic heterocycles. The Hall–Kier alpha value is -0.940. The number of nitrogens with zero attached hydrogens (tertiary/aromatic N) is 2. The molecule has 88 valence electrons. The highest BCUT2D eigenvalue weighted by Gasteiger charge is 2.36. The first-order valence-corrected chi connectivity index (χ1v) is 5.98. The third-order valence-corrected chi connectivity index (χ3v) is 3.37. The molecule has 3 rings (SSSR count). The Balaban J connectivity index is 1.75. The van der Waals surface area contributed by atoms with E-state index in [1.165, 1.54) is 19.3 Å². The van der Waals surface area contributed by atoms with Gasteiger partial charge in [-0.2, -0.15) is 4.98 Å². The van der Waals surface area contributed by atoms with Crippen LogP contribution in [-0.2, 0) is 4.74 Å². The van der Waals surface area contributed by atoms with Crippen LogP contribution in [0.25, 0.3) is 0 Å². The zero-order valence-electron chi connectivity index (χ0n) is 9.48. The summed E-state index contributed by atoms with van der Waals surface area (Å²) in [6, 6.07) is 0.248. The number of hydrogen-bond acceptors (Lipinski definition) is 5. The highest BCUT2D eigenvalue weighted by atomic mass is 16.5. The van der Waals surface area contributed by atoms with Crippen molar-refractivity contribution in [1.82, 2.24) is 15.5 Å². The molecule has 0 amide bonds. The van der Waals surface area contributed by atoms with Crippen molar-refractivity contribution in [3.05, 3.63) is 11.7 Å². The molecule has 0 aromatic carbocycles. The van der Waals surface area contributed by atoms with E-state index in [-0.39, 0.29) is 12.1 Å². The summed E-state index contributed by atoms with van der Waals surface area (Å²) in [5, 5.41) is 7.39. The van der Waals surface area contributed by atoms with Crippen molar-refractivity contribution in [1.29, 1.82) is 0 Å². The van der Waals surface area contributed by atoms with Crippen LogP contribution >= 0.6 is 0 Å². The van der Waals surface area contributed by atoms with Gasteiger partial charge in [-0.1, -0.05) is 5.16 Å². The van der Waals surface area contributed by atoms with Crippen LogP contribution in [0.4, 0.5) is 0 Å². The molecule has 5 nitrogen and oxygen atoms in total. The summed E-state index contributed by atoms with van der Waals surface area (Å²) < 4.78 is 10.7. The SMILES string of the molecule is COC(c1noc([C@@H]2CCCN2)n1)C1CC1. The second kappa shape index (κ2) is 4.14. The second-order valence-corrected chi connectivity index (χ2v) is 4.63. The molecular formula is C11H17N3O2. The number of ether oxygens (including phenoxy) is 1. The highest BCUT2D eigenvalue weighted by molar-refractivity contribution is 5.01.